The van der Waals surface area contributed by atoms with Crippen molar-refractivity contribution in [3.05, 3.63) is 99.0 Å². The summed E-state index contributed by atoms with van der Waals surface area (Å²) in [6.07, 6.45) is 7.00. The van der Waals surface area contributed by atoms with Crippen molar-refractivity contribution in [1.82, 2.24) is 0 Å². The average Bonchev–Trinajstić information content (AvgIpc) is 2.67. The van der Waals surface area contributed by atoms with Gasteiger partial charge in [0, 0.05) is 10.0 Å². The van der Waals surface area contributed by atoms with E-state index < -0.39 is 10.1 Å². The largest absolute Gasteiger partial charge is 0.295 e. The van der Waals surface area contributed by atoms with Gasteiger partial charge >= 0.3 is 0 Å². The first-order chi connectivity index (χ1) is 13.3. The van der Waals surface area contributed by atoms with Crippen LogP contribution in [0.2, 0.25) is 10.0 Å². The molecule has 0 aliphatic rings. The van der Waals surface area contributed by atoms with E-state index in [1.807, 2.05) is 30.3 Å². The monoisotopic (exact) mass is 430 g/mol. The van der Waals surface area contributed by atoms with Crippen molar-refractivity contribution in [2.45, 2.75) is 4.90 Å². The zero-order valence-corrected chi connectivity index (χ0v) is 16.9. The van der Waals surface area contributed by atoms with E-state index in [0.29, 0.717) is 21.2 Å². The summed E-state index contributed by atoms with van der Waals surface area (Å²) in [4.78, 5) is -0.157. The molecule has 0 saturated carbocycles. The van der Waals surface area contributed by atoms with Crippen LogP contribution in [-0.2, 0) is 10.1 Å². The number of halogens is 2. The third-order valence-electron chi connectivity index (χ3n) is 3.98. The van der Waals surface area contributed by atoms with Gasteiger partial charge in [0.25, 0.3) is 10.1 Å². The van der Waals surface area contributed by atoms with E-state index in [2.05, 4.69) is 0 Å². The van der Waals surface area contributed by atoms with Crippen molar-refractivity contribution >= 4 is 57.6 Å². The minimum absolute atomic E-state index is 0.157. The van der Waals surface area contributed by atoms with Gasteiger partial charge in [-0.1, -0.05) is 83.9 Å². The van der Waals surface area contributed by atoms with Crippen LogP contribution in [0.1, 0.15) is 22.3 Å². The molecule has 0 spiro atoms. The first-order valence-electron chi connectivity index (χ1n) is 8.30. The molecule has 0 aliphatic heterocycles. The molecule has 3 aromatic rings. The summed E-state index contributed by atoms with van der Waals surface area (Å²) in [5.41, 5.74) is 2.81. The molecule has 0 aromatic heterocycles. The molecule has 3 nitrogen and oxygen atoms in total. The lowest BCUT2D eigenvalue weighted by Gasteiger charge is -2.05. The van der Waals surface area contributed by atoms with Crippen LogP contribution in [-0.4, -0.2) is 13.0 Å². The van der Waals surface area contributed by atoms with Gasteiger partial charge in [-0.3, -0.25) is 4.55 Å². The molecule has 0 atom stereocenters. The molecule has 0 saturated heterocycles. The van der Waals surface area contributed by atoms with Crippen molar-refractivity contribution in [3.8, 4) is 0 Å². The fraction of sp³-hybridized carbons (Fsp3) is 0. The second-order valence-electron chi connectivity index (χ2n) is 6.04. The maximum atomic E-state index is 11.8. The Morgan fingerprint density at radius 3 is 1.57 bits per heavy atom. The van der Waals surface area contributed by atoms with E-state index in [9.17, 15) is 13.0 Å². The van der Waals surface area contributed by atoms with E-state index >= 15 is 0 Å². The Morgan fingerprint density at radius 1 is 0.643 bits per heavy atom. The van der Waals surface area contributed by atoms with Crippen LogP contribution in [0, 0.1) is 0 Å². The van der Waals surface area contributed by atoms with Crippen molar-refractivity contribution in [2.24, 2.45) is 0 Å². The highest BCUT2D eigenvalue weighted by Crippen LogP contribution is 2.22. The van der Waals surface area contributed by atoms with Crippen LogP contribution in [0.3, 0.4) is 0 Å². The van der Waals surface area contributed by atoms with Gasteiger partial charge in [-0.25, -0.2) is 0 Å². The van der Waals surface area contributed by atoms with Crippen molar-refractivity contribution in [2.75, 3.05) is 0 Å². The summed E-state index contributed by atoms with van der Waals surface area (Å²) in [5, 5.41) is 1.26. The van der Waals surface area contributed by atoms with Gasteiger partial charge in [-0.15, -0.1) is 0 Å². The maximum Gasteiger partial charge on any atom is 0.295 e. The molecule has 0 radical (unpaired) electrons. The van der Waals surface area contributed by atoms with Gasteiger partial charge in [0.15, 0.2) is 0 Å². The van der Waals surface area contributed by atoms with Crippen LogP contribution in [0.4, 0.5) is 0 Å². The number of rotatable bonds is 5. The van der Waals surface area contributed by atoms with E-state index in [1.54, 1.807) is 54.6 Å². The Kier molecular flexibility index (Phi) is 6.37. The molecule has 0 heterocycles. The Hall–Kier alpha value is -2.37. The summed E-state index contributed by atoms with van der Waals surface area (Å²) in [7, 11) is -4.38. The summed E-state index contributed by atoms with van der Waals surface area (Å²) in [6.45, 7) is 0. The SMILES string of the molecule is O=S(=O)(O)c1cc(/C=C/c2ccc(Cl)cc2)ccc1/C=C/c1ccc(Cl)cc1. The third-order valence-corrected chi connectivity index (χ3v) is 5.39. The normalized spacial score (nSPS) is 12.1. The fourth-order valence-corrected chi connectivity index (χ4v) is 3.51. The molecule has 0 bridgehead atoms. The van der Waals surface area contributed by atoms with Gasteiger partial charge in [0.2, 0.25) is 0 Å². The molecule has 0 unspecified atom stereocenters. The Balaban J connectivity index is 1.91. The van der Waals surface area contributed by atoms with E-state index in [4.69, 9.17) is 23.2 Å². The molecule has 1 N–H and O–H groups in total. The minimum Gasteiger partial charge on any atom is -0.282 e. The fourth-order valence-electron chi connectivity index (χ4n) is 2.54. The topological polar surface area (TPSA) is 54.4 Å². The maximum absolute atomic E-state index is 11.8. The zero-order valence-electron chi connectivity index (χ0n) is 14.6. The molecule has 0 amide bonds. The molecule has 142 valence electrons. The first kappa shape index (κ1) is 20.4. The average molecular weight is 431 g/mol. The zero-order chi connectivity index (χ0) is 20.1. The predicted octanol–water partition coefficient (Wildman–Crippen LogP) is 6.58. The van der Waals surface area contributed by atoms with Crippen LogP contribution < -0.4 is 0 Å². The summed E-state index contributed by atoms with van der Waals surface area (Å²) >= 11 is 11.7. The predicted molar refractivity (Wildman–Crippen MR) is 117 cm³/mol. The van der Waals surface area contributed by atoms with Gasteiger partial charge in [0.1, 0.15) is 4.90 Å². The molecule has 3 aromatic carbocycles. The molecule has 6 heteroatoms. The first-order valence-corrected chi connectivity index (χ1v) is 10.5. The lowest BCUT2D eigenvalue weighted by molar-refractivity contribution is 0.483. The number of hydrogen-bond donors (Lipinski definition) is 1. The van der Waals surface area contributed by atoms with E-state index in [-0.39, 0.29) is 4.90 Å². The molecule has 0 fully saturated rings. The third kappa shape index (κ3) is 5.57. The van der Waals surface area contributed by atoms with Crippen molar-refractivity contribution in [3.63, 3.8) is 0 Å². The Morgan fingerprint density at radius 2 is 1.07 bits per heavy atom. The smallest absolute Gasteiger partial charge is 0.282 e. The van der Waals surface area contributed by atoms with Crippen LogP contribution >= 0.6 is 23.2 Å². The van der Waals surface area contributed by atoms with Crippen molar-refractivity contribution in [1.29, 1.82) is 0 Å². The lowest BCUT2D eigenvalue weighted by Crippen LogP contribution is -2.01. The standard InChI is InChI=1S/C22H16Cl2O3S/c23-20-11-5-16(6-12-20)1-2-18-4-10-19(22(15-18)28(25,26)27)9-3-17-7-13-21(24)14-8-17/h1-15H,(H,25,26,27)/b2-1+,9-3+. The molecule has 3 rings (SSSR count). The second-order valence-corrected chi connectivity index (χ2v) is 8.30. The minimum atomic E-state index is -4.38. The Labute approximate surface area is 174 Å². The highest BCUT2D eigenvalue weighted by molar-refractivity contribution is 7.86. The lowest BCUT2D eigenvalue weighted by atomic mass is 10.1. The van der Waals surface area contributed by atoms with E-state index in [1.165, 1.54) is 6.07 Å². The van der Waals surface area contributed by atoms with Gasteiger partial charge in [-0.05, 0) is 52.6 Å². The summed E-state index contributed by atoms with van der Waals surface area (Å²) < 4.78 is 33.3. The van der Waals surface area contributed by atoms with Gasteiger partial charge < -0.3 is 0 Å². The molecular formula is C22H16Cl2O3S. The molecule has 0 aliphatic carbocycles. The van der Waals surface area contributed by atoms with Crippen molar-refractivity contribution < 1.29 is 13.0 Å². The highest BCUT2D eigenvalue weighted by atomic mass is 35.5. The van der Waals surface area contributed by atoms with Crippen LogP contribution in [0.5, 0.6) is 0 Å². The van der Waals surface area contributed by atoms with E-state index in [0.717, 1.165) is 11.1 Å². The molecule has 28 heavy (non-hydrogen) atoms. The Bertz CT molecular complexity index is 1130. The number of hydrogen-bond acceptors (Lipinski definition) is 2. The second kappa shape index (κ2) is 8.76. The number of benzene rings is 3. The summed E-state index contributed by atoms with van der Waals surface area (Å²) in [5.74, 6) is 0. The summed E-state index contributed by atoms with van der Waals surface area (Å²) in [6, 6.07) is 19.2. The molecular weight excluding hydrogens is 415 g/mol. The van der Waals surface area contributed by atoms with Crippen LogP contribution in [0.15, 0.2) is 71.6 Å². The van der Waals surface area contributed by atoms with Gasteiger partial charge in [-0.2, -0.15) is 8.42 Å². The quantitative estimate of drug-likeness (QED) is 0.367. The highest BCUT2D eigenvalue weighted by Gasteiger charge is 2.14. The van der Waals surface area contributed by atoms with Gasteiger partial charge in [0.05, 0.1) is 0 Å². The van der Waals surface area contributed by atoms with Crippen LogP contribution in [0.25, 0.3) is 24.3 Å².